The molecular formula is C21H26N4O2. The van der Waals surface area contributed by atoms with Gasteiger partial charge in [-0.25, -0.2) is 0 Å². The highest BCUT2D eigenvalue weighted by molar-refractivity contribution is 5.97. The summed E-state index contributed by atoms with van der Waals surface area (Å²) in [5, 5.41) is 7.52. The van der Waals surface area contributed by atoms with E-state index in [-0.39, 0.29) is 11.8 Å². The summed E-state index contributed by atoms with van der Waals surface area (Å²) in [6, 6.07) is 9.40. The molecule has 2 amide bonds. The molecule has 1 aromatic heterocycles. The van der Waals surface area contributed by atoms with Crippen molar-refractivity contribution in [1.29, 1.82) is 0 Å². The Hall–Kier alpha value is -2.63. The van der Waals surface area contributed by atoms with Crippen molar-refractivity contribution in [1.82, 2.24) is 20.0 Å². The third kappa shape index (κ3) is 3.48. The first-order valence-electron chi connectivity index (χ1n) is 9.82. The van der Waals surface area contributed by atoms with Crippen molar-refractivity contribution in [2.75, 3.05) is 13.1 Å². The third-order valence-electron chi connectivity index (χ3n) is 5.65. The van der Waals surface area contributed by atoms with E-state index in [1.54, 1.807) is 4.90 Å². The maximum Gasteiger partial charge on any atom is 0.275 e. The van der Waals surface area contributed by atoms with Crippen LogP contribution in [0.1, 0.15) is 46.6 Å². The quantitative estimate of drug-likeness (QED) is 0.902. The zero-order chi connectivity index (χ0) is 18.8. The van der Waals surface area contributed by atoms with E-state index in [2.05, 4.69) is 10.4 Å². The number of carbonyl (C=O) groups excluding carboxylic acids is 2. The molecule has 6 heteroatoms. The molecule has 27 heavy (non-hydrogen) atoms. The maximum absolute atomic E-state index is 13.5. The Labute approximate surface area is 159 Å². The van der Waals surface area contributed by atoms with E-state index in [4.69, 9.17) is 0 Å². The molecule has 1 atom stereocenters. The normalized spacial score (nSPS) is 20.0. The van der Waals surface area contributed by atoms with E-state index in [9.17, 15) is 9.59 Å². The summed E-state index contributed by atoms with van der Waals surface area (Å²) in [4.78, 5) is 27.9. The molecule has 1 aliphatic heterocycles. The Morgan fingerprint density at radius 2 is 1.96 bits per heavy atom. The Kier molecular flexibility index (Phi) is 4.97. The number of hydrogen-bond acceptors (Lipinski definition) is 3. The first kappa shape index (κ1) is 17.8. The van der Waals surface area contributed by atoms with Crippen LogP contribution >= 0.6 is 0 Å². The molecule has 2 heterocycles. The van der Waals surface area contributed by atoms with Gasteiger partial charge in [0.05, 0.1) is 0 Å². The molecule has 2 aromatic rings. The highest BCUT2D eigenvalue weighted by atomic mass is 16.2. The molecule has 1 aliphatic carbocycles. The van der Waals surface area contributed by atoms with E-state index in [1.807, 2.05) is 42.1 Å². The molecule has 0 saturated carbocycles. The molecule has 142 valence electrons. The zero-order valence-electron chi connectivity index (χ0n) is 15.8. The average molecular weight is 366 g/mol. The third-order valence-corrected chi connectivity index (χ3v) is 5.65. The summed E-state index contributed by atoms with van der Waals surface area (Å²) in [6.45, 7) is 1.18. The first-order chi connectivity index (χ1) is 13.1. The van der Waals surface area contributed by atoms with Crippen molar-refractivity contribution in [3.63, 3.8) is 0 Å². The molecule has 4 rings (SSSR count). The molecule has 0 spiro atoms. The molecule has 1 unspecified atom stereocenters. The van der Waals surface area contributed by atoms with Crippen molar-refractivity contribution in [3.05, 3.63) is 52.8 Å². The van der Waals surface area contributed by atoms with Crippen LogP contribution in [0.2, 0.25) is 0 Å². The van der Waals surface area contributed by atoms with Gasteiger partial charge in [-0.15, -0.1) is 0 Å². The Balaban J connectivity index is 1.66. The van der Waals surface area contributed by atoms with E-state index in [0.717, 1.165) is 43.2 Å². The van der Waals surface area contributed by atoms with Crippen molar-refractivity contribution < 1.29 is 9.59 Å². The summed E-state index contributed by atoms with van der Waals surface area (Å²) < 4.78 is 1.85. The summed E-state index contributed by atoms with van der Waals surface area (Å²) in [5.41, 5.74) is 3.85. The standard InChI is InChI=1S/C21H26N4O2/c1-24-17-11-6-5-10-16(17)19(23-24)21(27)25-13-7-12-22-20(26)18(25)14-15-8-3-2-4-9-15/h2-4,8-9,18H,5-7,10-14H2,1H3,(H,22,26). The van der Waals surface area contributed by atoms with E-state index in [1.165, 1.54) is 5.69 Å². The van der Waals surface area contributed by atoms with Crippen molar-refractivity contribution in [2.45, 2.75) is 44.6 Å². The van der Waals surface area contributed by atoms with Crippen LogP contribution in [-0.4, -0.2) is 45.6 Å². The highest BCUT2D eigenvalue weighted by Gasteiger charge is 2.35. The minimum Gasteiger partial charge on any atom is -0.354 e. The fourth-order valence-corrected chi connectivity index (χ4v) is 4.24. The van der Waals surface area contributed by atoms with Crippen molar-refractivity contribution in [3.8, 4) is 0 Å². The lowest BCUT2D eigenvalue weighted by Crippen LogP contribution is -2.48. The van der Waals surface area contributed by atoms with Crippen LogP contribution in [0.4, 0.5) is 0 Å². The van der Waals surface area contributed by atoms with Gasteiger partial charge in [0.1, 0.15) is 6.04 Å². The number of amides is 2. The maximum atomic E-state index is 13.5. The zero-order valence-corrected chi connectivity index (χ0v) is 15.8. The molecular weight excluding hydrogens is 340 g/mol. The van der Waals surface area contributed by atoms with Gasteiger partial charge in [0.25, 0.3) is 5.91 Å². The predicted molar refractivity (Wildman–Crippen MR) is 102 cm³/mol. The van der Waals surface area contributed by atoms with E-state index >= 15 is 0 Å². The molecule has 1 saturated heterocycles. The number of aromatic nitrogens is 2. The van der Waals surface area contributed by atoms with Gasteiger partial charge in [0.2, 0.25) is 5.91 Å². The van der Waals surface area contributed by atoms with E-state index < -0.39 is 6.04 Å². The summed E-state index contributed by atoms with van der Waals surface area (Å²) in [7, 11) is 1.91. The van der Waals surface area contributed by atoms with Crippen LogP contribution in [0, 0.1) is 0 Å². The number of carbonyl (C=O) groups is 2. The van der Waals surface area contributed by atoms with Gasteiger partial charge in [0.15, 0.2) is 5.69 Å². The second-order valence-electron chi connectivity index (χ2n) is 7.45. The lowest BCUT2D eigenvalue weighted by Gasteiger charge is -2.28. The lowest BCUT2D eigenvalue weighted by molar-refractivity contribution is -0.124. The number of hydrogen-bond donors (Lipinski definition) is 1. The van der Waals surface area contributed by atoms with Gasteiger partial charge >= 0.3 is 0 Å². The van der Waals surface area contributed by atoms with Gasteiger partial charge < -0.3 is 10.2 Å². The monoisotopic (exact) mass is 366 g/mol. The van der Waals surface area contributed by atoms with Crippen LogP contribution in [0.15, 0.2) is 30.3 Å². The summed E-state index contributed by atoms with van der Waals surface area (Å²) in [5.74, 6) is -0.179. The smallest absolute Gasteiger partial charge is 0.275 e. The molecule has 6 nitrogen and oxygen atoms in total. The Morgan fingerprint density at radius 1 is 1.19 bits per heavy atom. The summed E-state index contributed by atoms with van der Waals surface area (Å²) in [6.07, 6.45) is 5.38. The minimum absolute atomic E-state index is 0.0745. The molecule has 0 bridgehead atoms. The SMILES string of the molecule is Cn1nc(C(=O)N2CCCNC(=O)C2Cc2ccccc2)c2c1CCCC2. The van der Waals surface area contributed by atoms with Gasteiger partial charge in [-0.3, -0.25) is 14.3 Å². The van der Waals surface area contributed by atoms with Crippen molar-refractivity contribution >= 4 is 11.8 Å². The van der Waals surface area contributed by atoms with E-state index in [0.29, 0.717) is 25.2 Å². The number of benzene rings is 1. The lowest BCUT2D eigenvalue weighted by atomic mass is 9.95. The summed E-state index contributed by atoms with van der Waals surface area (Å²) >= 11 is 0. The van der Waals surface area contributed by atoms with Crippen LogP contribution in [0.5, 0.6) is 0 Å². The fraction of sp³-hybridized carbons (Fsp3) is 0.476. The molecule has 2 aliphatic rings. The average Bonchev–Trinajstić information content (AvgIpc) is 2.93. The molecule has 1 N–H and O–H groups in total. The van der Waals surface area contributed by atoms with Gasteiger partial charge in [-0.05, 0) is 37.7 Å². The van der Waals surface area contributed by atoms with Gasteiger partial charge in [-0.1, -0.05) is 30.3 Å². The van der Waals surface area contributed by atoms with Crippen LogP contribution in [0.25, 0.3) is 0 Å². The number of fused-ring (bicyclic) bond motifs is 1. The van der Waals surface area contributed by atoms with Crippen LogP contribution < -0.4 is 5.32 Å². The van der Waals surface area contributed by atoms with Crippen LogP contribution in [-0.2, 0) is 31.1 Å². The molecule has 0 radical (unpaired) electrons. The first-order valence-corrected chi connectivity index (χ1v) is 9.82. The molecule has 1 aromatic carbocycles. The predicted octanol–water partition coefficient (Wildman–Crippen LogP) is 1.87. The fourth-order valence-electron chi connectivity index (χ4n) is 4.24. The van der Waals surface area contributed by atoms with Crippen molar-refractivity contribution in [2.24, 2.45) is 7.05 Å². The van der Waals surface area contributed by atoms with Gasteiger partial charge in [-0.2, -0.15) is 5.10 Å². The number of nitrogens with zero attached hydrogens (tertiary/aromatic N) is 3. The second kappa shape index (κ2) is 7.55. The Morgan fingerprint density at radius 3 is 2.78 bits per heavy atom. The van der Waals surface area contributed by atoms with Gasteiger partial charge in [0, 0.05) is 37.8 Å². The number of aryl methyl sites for hydroxylation is 1. The number of rotatable bonds is 3. The minimum atomic E-state index is -0.497. The molecule has 1 fully saturated rings. The Bertz CT molecular complexity index is 843. The largest absolute Gasteiger partial charge is 0.354 e. The highest BCUT2D eigenvalue weighted by Crippen LogP contribution is 2.26. The number of nitrogens with one attached hydrogen (secondary N) is 1. The van der Waals surface area contributed by atoms with Crippen LogP contribution in [0.3, 0.4) is 0 Å². The topological polar surface area (TPSA) is 67.2 Å². The second-order valence-corrected chi connectivity index (χ2v) is 7.45.